The Kier molecular flexibility index (Phi) is 23.4. The van der Waals surface area contributed by atoms with Gasteiger partial charge in [-0.1, -0.05) is 181 Å². The summed E-state index contributed by atoms with van der Waals surface area (Å²) < 4.78 is 31.8. The van der Waals surface area contributed by atoms with Crippen molar-refractivity contribution in [1.29, 1.82) is 0 Å². The molecule has 6 fully saturated rings. The van der Waals surface area contributed by atoms with Crippen molar-refractivity contribution in [2.45, 2.75) is 117 Å². The highest BCUT2D eigenvalue weighted by atomic mass is 32.2. The fourth-order valence-electron chi connectivity index (χ4n) is 19.4. The summed E-state index contributed by atoms with van der Waals surface area (Å²) in [6.45, 7) is 20.8. The Morgan fingerprint density at radius 3 is 1.05 bits per heavy atom. The summed E-state index contributed by atoms with van der Waals surface area (Å²) >= 11 is 0. The number of sulfonamides is 1. The molecule has 3 aliphatic carbocycles. The molecule has 3 saturated carbocycles. The third kappa shape index (κ3) is 17.2. The number of aromatic nitrogens is 14. The van der Waals surface area contributed by atoms with E-state index >= 15 is 0 Å². The molecule has 0 atom stereocenters. The van der Waals surface area contributed by atoms with Crippen LogP contribution in [0.15, 0.2) is 232 Å². The molecular formula is C99H111N23O2S. The van der Waals surface area contributed by atoms with Crippen LogP contribution < -0.4 is 17.2 Å². The first-order valence-electron chi connectivity index (χ1n) is 43.2. The second-order valence-corrected chi connectivity index (χ2v) is 37.4. The van der Waals surface area contributed by atoms with Crippen molar-refractivity contribution in [2.24, 2.45) is 5.41 Å². The number of imidazole rings is 4. The third-order valence-electron chi connectivity index (χ3n) is 26.1. The molecule has 0 radical (unpaired) electrons. The first-order valence-corrected chi connectivity index (χ1v) is 45.1. The predicted molar refractivity (Wildman–Crippen MR) is 502 cm³/mol. The van der Waals surface area contributed by atoms with Gasteiger partial charge in [0.05, 0.1) is 46.2 Å². The maximum atomic E-state index is 11.9. The smallest absolute Gasteiger partial charge is 0.211 e. The molecule has 0 unspecified atom stereocenters. The van der Waals surface area contributed by atoms with Crippen LogP contribution in [0.3, 0.4) is 0 Å². The number of nitrogens with two attached hydrogens (primary N) is 3. The van der Waals surface area contributed by atoms with Gasteiger partial charge in [-0.15, -0.1) is 0 Å². The van der Waals surface area contributed by atoms with Crippen molar-refractivity contribution in [3.63, 3.8) is 0 Å². The van der Waals surface area contributed by atoms with E-state index < -0.39 is 10.0 Å². The van der Waals surface area contributed by atoms with E-state index in [2.05, 4.69) is 211 Å². The Morgan fingerprint density at radius 2 is 0.728 bits per heavy atom. The van der Waals surface area contributed by atoms with Crippen molar-refractivity contribution in [3.05, 3.63) is 255 Å². The Bertz CT molecular complexity index is 6630. The van der Waals surface area contributed by atoms with Crippen molar-refractivity contribution in [1.82, 2.24) is 96.8 Å². The second-order valence-electron chi connectivity index (χ2n) is 35.4. The van der Waals surface area contributed by atoms with Crippen molar-refractivity contribution in [3.8, 4) is 67.5 Å². The van der Waals surface area contributed by atoms with E-state index in [0.717, 1.165) is 232 Å². The molecule has 10 aromatic heterocycles. The lowest BCUT2D eigenvalue weighted by molar-refractivity contribution is 0.0386. The largest absolute Gasteiger partial charge is 0.382 e. The number of aromatic amines is 1. The molecule has 3 saturated heterocycles. The number of rotatable bonds is 16. The number of nitrogens with zero attached hydrogens (tertiary/aromatic N) is 19. The number of pyridine rings is 3. The molecule has 0 amide bonds. The van der Waals surface area contributed by atoms with Crippen LogP contribution >= 0.6 is 0 Å². The molecule has 6 aromatic carbocycles. The Balaban J connectivity index is 0.000000126. The second kappa shape index (κ2) is 35.0. The highest BCUT2D eigenvalue weighted by Gasteiger charge is 2.43. The lowest BCUT2D eigenvalue weighted by atomic mass is 9.78. The summed E-state index contributed by atoms with van der Waals surface area (Å²) in [7, 11) is -3.13. The number of benzene rings is 6. The number of nitrogens with one attached hydrogen (secondary N) is 1. The zero-order valence-electron chi connectivity index (χ0n) is 70.0. The lowest BCUT2D eigenvalue weighted by Gasteiger charge is -2.46. The number of fused-ring (bicyclic) bond motifs is 6. The van der Waals surface area contributed by atoms with E-state index in [4.69, 9.17) is 47.1 Å². The van der Waals surface area contributed by atoms with Gasteiger partial charge in [-0.25, -0.2) is 58.3 Å². The van der Waals surface area contributed by atoms with E-state index in [-0.39, 0.29) is 14.9 Å². The monoisotopic (exact) mass is 1690 g/mol. The average Bonchev–Trinajstić information content (AvgIpc) is 1.61. The quantitative estimate of drug-likeness (QED) is 0.0699. The number of nitrogen functional groups attached to an aromatic ring is 3. The molecule has 125 heavy (non-hydrogen) atoms. The molecule has 26 heteroatoms. The normalized spacial score (nSPS) is 20.0. The Hall–Kier alpha value is -12.3. The number of piperazine rings is 3. The molecule has 13 heterocycles. The number of hydrogen-bond acceptors (Lipinski definition) is 20. The minimum atomic E-state index is -3.13. The zero-order chi connectivity index (χ0) is 83.6. The first-order chi connectivity index (χ1) is 59.9. The van der Waals surface area contributed by atoms with Gasteiger partial charge < -0.3 is 27.1 Å². The molecule has 6 aliphatic rings. The van der Waals surface area contributed by atoms with E-state index in [9.17, 15) is 8.42 Å². The number of H-pyrrole nitrogens is 1. The van der Waals surface area contributed by atoms with Crippen molar-refractivity contribution < 1.29 is 8.42 Å². The highest BCUT2D eigenvalue weighted by molar-refractivity contribution is 7.88. The topological polar surface area (TPSA) is 290 Å². The fraction of sp³-hybridized carbons (Fsp3) is 0.333. The SMILES string of the molecule is C.C.CC(C)(C)CN1CCN(C2CC(c3nc(-c4ccc5ccc(-c6ccccc6)nc5c4)c4c(N)nccn34)C2)CC1.CS(=O)(=O)N1CCN(C2CC(c3nc(-c4ccc5ccc(-c6ccccc6)nc5c4)c4c(N)nccn34)C2)CC1.Nc1nccn2c(C3CC(N4CCN(Cc5cnc[nH]5)CC4)C3)nc(-c3ccc4ccc(-c5ccccc5)nc4c3)c12. The Labute approximate surface area is 730 Å². The Morgan fingerprint density at radius 1 is 0.400 bits per heavy atom. The fourth-order valence-corrected chi connectivity index (χ4v) is 20.2. The maximum absolute atomic E-state index is 11.9. The molecule has 3 aliphatic heterocycles. The molecule has 25 nitrogen and oxygen atoms in total. The van der Waals surface area contributed by atoms with E-state index in [1.165, 1.54) is 31.6 Å². The van der Waals surface area contributed by atoms with Crippen molar-refractivity contribution >= 4 is 76.7 Å². The van der Waals surface area contributed by atoms with Gasteiger partial charge in [-0.2, -0.15) is 4.31 Å². The van der Waals surface area contributed by atoms with Crippen LogP contribution in [0.5, 0.6) is 0 Å². The molecular weight excluding hydrogens is 1580 g/mol. The highest BCUT2D eigenvalue weighted by Crippen LogP contribution is 2.47. The van der Waals surface area contributed by atoms with Gasteiger partial charge in [0.15, 0.2) is 0 Å². The summed E-state index contributed by atoms with van der Waals surface area (Å²) in [5.74, 6) is 5.74. The van der Waals surface area contributed by atoms with E-state index in [0.29, 0.717) is 71.8 Å². The van der Waals surface area contributed by atoms with Crippen LogP contribution in [-0.2, 0) is 16.6 Å². The van der Waals surface area contributed by atoms with Gasteiger partial charge in [-0.3, -0.25) is 32.8 Å². The van der Waals surface area contributed by atoms with Crippen LogP contribution in [0.2, 0.25) is 0 Å². The molecule has 22 rings (SSSR count). The van der Waals surface area contributed by atoms with Gasteiger partial charge in [-0.05, 0) is 80.3 Å². The standard InChI is InChI=1S/C34H39N7.C33H33N9.C30H31N7O2S.2CH4/c1-34(2,3)22-39-15-17-40(18-16-39)27-19-26(20-27)33-38-30(31-32(35)36-13-14-41(31)33)25-10-9-24-11-12-28(37-29(24)21-25)23-7-5-4-6-8-23;34-32-31-30(24-7-6-23-8-9-28(38-29(23)18-24)22-4-2-1-3-5-22)39-33(42(31)11-10-36-32)25-16-27(17-25)41-14-12-40(13-15-41)20-26-19-35-21-37-26;1-40(38,39)36-15-13-35(14-16-36)24-17-23(18-24)30-34-27(28-29(31)32-11-12-37(28)30)22-8-7-21-9-10-25(33-26(21)19-22)20-5-3-2-4-6-20;;/h4-14,21,26-27H,15-20,22H2,1-3H3,(H2,35,36);1-11,18-19,21,25,27H,12-17,20H2,(H2,34,36)(H,35,37);2-12,19,23-24H,13-18H2,1H3,(H2,31,32);2*1H4. The maximum Gasteiger partial charge on any atom is 0.211 e. The van der Waals surface area contributed by atoms with Crippen LogP contribution in [-0.4, -0.2) is 215 Å². The van der Waals surface area contributed by atoms with Gasteiger partial charge >= 0.3 is 0 Å². The predicted octanol–water partition coefficient (Wildman–Crippen LogP) is 16.4. The van der Waals surface area contributed by atoms with E-state index in [1.807, 2.05) is 79.4 Å². The summed E-state index contributed by atoms with van der Waals surface area (Å²) in [5, 5.41) is 3.27. The number of anilines is 3. The molecule has 0 spiro atoms. The van der Waals surface area contributed by atoms with Crippen LogP contribution in [0.4, 0.5) is 17.5 Å². The molecule has 16 aromatic rings. The number of hydrogen-bond donors (Lipinski definition) is 4. The molecule has 7 N–H and O–H groups in total. The van der Waals surface area contributed by atoms with Gasteiger partial charge in [0.2, 0.25) is 10.0 Å². The van der Waals surface area contributed by atoms with Gasteiger partial charge in [0.1, 0.15) is 68.6 Å². The molecule has 0 bridgehead atoms. The summed E-state index contributed by atoms with van der Waals surface area (Å²) in [6, 6.07) is 64.1. The van der Waals surface area contributed by atoms with Crippen LogP contribution in [0, 0.1) is 5.41 Å². The molecule has 640 valence electrons. The zero-order valence-corrected chi connectivity index (χ0v) is 70.8. The summed E-state index contributed by atoms with van der Waals surface area (Å²) in [6.07, 6.45) is 22.7. The third-order valence-corrected chi connectivity index (χ3v) is 27.4. The minimum absolute atomic E-state index is 0. The first kappa shape index (κ1) is 83.6. The summed E-state index contributed by atoms with van der Waals surface area (Å²) in [4.78, 5) is 64.1. The van der Waals surface area contributed by atoms with Crippen LogP contribution in [0.1, 0.15) is 115 Å². The van der Waals surface area contributed by atoms with Crippen molar-refractivity contribution in [2.75, 3.05) is 109 Å². The van der Waals surface area contributed by atoms with Gasteiger partial charge in [0, 0.05) is 226 Å². The minimum Gasteiger partial charge on any atom is -0.382 e. The summed E-state index contributed by atoms with van der Waals surface area (Å²) in [5.41, 5.74) is 38.0. The van der Waals surface area contributed by atoms with E-state index in [1.54, 1.807) is 29.2 Å². The lowest BCUT2D eigenvalue weighted by Crippen LogP contribution is -2.54. The van der Waals surface area contributed by atoms with Gasteiger partial charge in [0.25, 0.3) is 0 Å². The average molecular weight is 1690 g/mol. The van der Waals surface area contributed by atoms with Crippen LogP contribution in [0.25, 0.3) is 117 Å².